The molecule has 30 heavy (non-hydrogen) atoms. The molecule has 2 N–H and O–H groups in total. The van der Waals surface area contributed by atoms with Gasteiger partial charge in [-0.2, -0.15) is 17.9 Å². The number of amides is 1. The van der Waals surface area contributed by atoms with Gasteiger partial charge in [0.05, 0.1) is 10.5 Å². The average molecular weight is 450 g/mol. The van der Waals surface area contributed by atoms with Crippen LogP contribution >= 0.6 is 0 Å². The van der Waals surface area contributed by atoms with Gasteiger partial charge in [-0.05, 0) is 49.8 Å². The first kappa shape index (κ1) is 24.1. The predicted molar refractivity (Wildman–Crippen MR) is 102 cm³/mol. The summed E-state index contributed by atoms with van der Waals surface area (Å²) in [5, 5.41) is 2.70. The van der Waals surface area contributed by atoms with E-state index in [-0.39, 0.29) is 6.04 Å². The summed E-state index contributed by atoms with van der Waals surface area (Å²) in [7, 11) is -4.44. The molecule has 1 aliphatic carbocycles. The summed E-state index contributed by atoms with van der Waals surface area (Å²) >= 11 is 0. The lowest BCUT2D eigenvalue weighted by Crippen LogP contribution is -2.46. The third kappa shape index (κ3) is 6.69. The Balaban J connectivity index is 2.04. The number of hydrogen-bond donors (Lipinski definition) is 2. The first-order valence-electron chi connectivity index (χ1n) is 9.47. The highest BCUT2D eigenvalue weighted by Gasteiger charge is 2.34. The third-order valence-electron chi connectivity index (χ3n) is 4.74. The topological polar surface area (TPSA) is 102 Å². The van der Waals surface area contributed by atoms with Crippen LogP contribution in [0.25, 0.3) is 0 Å². The molecule has 11 heteroatoms. The minimum atomic E-state index is -4.72. The fourth-order valence-electron chi connectivity index (χ4n) is 2.77. The lowest BCUT2D eigenvalue weighted by molar-refractivity contribution is -0.151. The van der Waals surface area contributed by atoms with Crippen LogP contribution in [0, 0.1) is 11.8 Å². The molecule has 0 aromatic heterocycles. The van der Waals surface area contributed by atoms with E-state index in [0.29, 0.717) is 12.0 Å². The van der Waals surface area contributed by atoms with Crippen LogP contribution in [0.15, 0.2) is 29.2 Å². The molecule has 1 aliphatic rings. The molecule has 1 aromatic rings. The van der Waals surface area contributed by atoms with E-state index in [9.17, 15) is 31.2 Å². The minimum absolute atomic E-state index is 0.0449. The zero-order valence-electron chi connectivity index (χ0n) is 16.8. The largest absolute Gasteiger partial charge is 0.454 e. The number of ether oxygens (including phenoxy) is 1. The van der Waals surface area contributed by atoms with E-state index in [1.165, 1.54) is 13.8 Å². The van der Waals surface area contributed by atoms with Gasteiger partial charge in [0.1, 0.15) is 6.04 Å². The number of benzene rings is 1. The maximum atomic E-state index is 12.9. The van der Waals surface area contributed by atoms with Crippen molar-refractivity contribution in [3.63, 3.8) is 0 Å². The molecule has 0 heterocycles. The molecule has 168 valence electrons. The number of carbonyl (C=O) groups excluding carboxylic acids is 2. The maximum absolute atomic E-state index is 12.9. The van der Waals surface area contributed by atoms with Crippen LogP contribution in [0.5, 0.6) is 0 Å². The summed E-state index contributed by atoms with van der Waals surface area (Å²) in [6.07, 6.45) is -2.67. The second-order valence-electron chi connectivity index (χ2n) is 7.67. The second-order valence-corrected chi connectivity index (χ2v) is 9.38. The highest BCUT2D eigenvalue weighted by atomic mass is 32.2. The van der Waals surface area contributed by atoms with Gasteiger partial charge in [0, 0.05) is 6.04 Å². The number of alkyl halides is 3. The van der Waals surface area contributed by atoms with Crippen molar-refractivity contribution < 1.29 is 35.9 Å². The molecule has 1 unspecified atom stereocenters. The van der Waals surface area contributed by atoms with Crippen LogP contribution in [0.3, 0.4) is 0 Å². The number of carbonyl (C=O) groups is 2. The van der Waals surface area contributed by atoms with Crippen molar-refractivity contribution in [3.8, 4) is 0 Å². The molecule has 0 radical (unpaired) electrons. The molecular formula is C19H25F3N2O5S. The summed E-state index contributed by atoms with van der Waals surface area (Å²) in [4.78, 5) is 23.6. The van der Waals surface area contributed by atoms with E-state index in [4.69, 9.17) is 4.74 Å². The standard InChI is InChI=1S/C19H25F3N2O5S/c1-11(2)17(18(26)29-10-16(25)23-12(3)13-7-8-13)24-30(27,28)15-6-4-5-14(9-15)19(20,21)22/h4-6,9,11-13,17,24H,7-8,10H2,1-3H3,(H,23,25)/t12?,17-/m1/s1. The number of sulfonamides is 1. The van der Waals surface area contributed by atoms with E-state index < -0.39 is 57.1 Å². The van der Waals surface area contributed by atoms with Crippen molar-refractivity contribution in [2.24, 2.45) is 11.8 Å². The first-order chi connectivity index (χ1) is 13.8. The zero-order chi connectivity index (χ0) is 22.7. The smallest absolute Gasteiger partial charge is 0.416 e. The number of esters is 1. The Morgan fingerprint density at radius 3 is 2.37 bits per heavy atom. The Morgan fingerprint density at radius 1 is 1.20 bits per heavy atom. The van der Waals surface area contributed by atoms with Gasteiger partial charge in [-0.1, -0.05) is 19.9 Å². The van der Waals surface area contributed by atoms with E-state index >= 15 is 0 Å². The fourth-order valence-corrected chi connectivity index (χ4v) is 4.15. The molecular weight excluding hydrogens is 425 g/mol. The monoisotopic (exact) mass is 450 g/mol. The molecule has 1 fully saturated rings. The molecule has 2 atom stereocenters. The highest BCUT2D eigenvalue weighted by Crippen LogP contribution is 2.32. The van der Waals surface area contributed by atoms with Crippen molar-refractivity contribution in [2.75, 3.05) is 6.61 Å². The fraction of sp³-hybridized carbons (Fsp3) is 0.579. The summed E-state index contributed by atoms with van der Waals surface area (Å²) < 4.78 is 70.7. The van der Waals surface area contributed by atoms with Crippen molar-refractivity contribution in [3.05, 3.63) is 29.8 Å². The molecule has 1 amide bonds. The first-order valence-corrected chi connectivity index (χ1v) is 10.9. The van der Waals surface area contributed by atoms with Gasteiger partial charge < -0.3 is 10.1 Å². The maximum Gasteiger partial charge on any atom is 0.416 e. The van der Waals surface area contributed by atoms with Gasteiger partial charge in [-0.3, -0.25) is 9.59 Å². The number of hydrogen-bond acceptors (Lipinski definition) is 5. The van der Waals surface area contributed by atoms with Crippen LogP contribution < -0.4 is 10.0 Å². The summed E-state index contributed by atoms with van der Waals surface area (Å²) in [6.45, 7) is 4.34. The molecule has 7 nitrogen and oxygen atoms in total. The van der Waals surface area contributed by atoms with Crippen molar-refractivity contribution in [1.29, 1.82) is 0 Å². The van der Waals surface area contributed by atoms with Crippen LogP contribution in [0.4, 0.5) is 13.2 Å². The van der Waals surface area contributed by atoms with Crippen LogP contribution in [0.1, 0.15) is 39.2 Å². The molecule has 0 spiro atoms. The number of nitrogens with one attached hydrogen (secondary N) is 2. The molecule has 1 aromatic carbocycles. The highest BCUT2D eigenvalue weighted by molar-refractivity contribution is 7.89. The van der Waals surface area contributed by atoms with Gasteiger partial charge in [-0.25, -0.2) is 8.42 Å². The second kappa shape index (κ2) is 9.34. The van der Waals surface area contributed by atoms with Gasteiger partial charge in [-0.15, -0.1) is 0 Å². The lowest BCUT2D eigenvalue weighted by Gasteiger charge is -2.21. The Bertz CT molecular complexity index is 882. The van der Waals surface area contributed by atoms with E-state index in [0.717, 1.165) is 31.0 Å². The van der Waals surface area contributed by atoms with Crippen LogP contribution in [0.2, 0.25) is 0 Å². The third-order valence-corrected chi connectivity index (χ3v) is 6.18. The summed E-state index contributed by atoms with van der Waals surface area (Å²) in [6, 6.07) is 1.76. The quantitative estimate of drug-likeness (QED) is 0.563. The van der Waals surface area contributed by atoms with Gasteiger partial charge in [0.15, 0.2) is 6.61 Å². The van der Waals surface area contributed by atoms with Crippen molar-refractivity contribution in [1.82, 2.24) is 10.0 Å². The zero-order valence-corrected chi connectivity index (χ0v) is 17.6. The average Bonchev–Trinajstić information content (AvgIpc) is 3.48. The van der Waals surface area contributed by atoms with Crippen LogP contribution in [-0.4, -0.2) is 39.0 Å². The Labute approximate surface area is 173 Å². The summed E-state index contributed by atoms with van der Waals surface area (Å²) in [5.41, 5.74) is -1.13. The van der Waals surface area contributed by atoms with E-state index in [1.54, 1.807) is 0 Å². The Kier molecular flexibility index (Phi) is 7.51. The van der Waals surface area contributed by atoms with E-state index in [1.807, 2.05) is 6.92 Å². The lowest BCUT2D eigenvalue weighted by atomic mass is 10.1. The van der Waals surface area contributed by atoms with Crippen LogP contribution in [-0.2, 0) is 30.5 Å². The van der Waals surface area contributed by atoms with E-state index in [2.05, 4.69) is 10.0 Å². The Morgan fingerprint density at radius 2 is 1.83 bits per heavy atom. The molecule has 0 saturated heterocycles. The normalized spacial score (nSPS) is 16.8. The molecule has 0 bridgehead atoms. The van der Waals surface area contributed by atoms with Gasteiger partial charge in [0.25, 0.3) is 5.91 Å². The number of halogens is 3. The van der Waals surface area contributed by atoms with Gasteiger partial charge >= 0.3 is 12.1 Å². The number of rotatable bonds is 9. The van der Waals surface area contributed by atoms with Crippen molar-refractivity contribution in [2.45, 2.75) is 56.8 Å². The molecule has 1 saturated carbocycles. The molecule has 0 aliphatic heterocycles. The SMILES string of the molecule is CC(NC(=O)COC(=O)[C@H](NS(=O)(=O)c1cccc(C(F)(F)F)c1)C(C)C)C1CC1. The Hall–Kier alpha value is -2.14. The van der Waals surface area contributed by atoms with Gasteiger partial charge in [0.2, 0.25) is 10.0 Å². The molecule has 2 rings (SSSR count). The van der Waals surface area contributed by atoms with Crippen molar-refractivity contribution >= 4 is 21.9 Å². The predicted octanol–water partition coefficient (Wildman–Crippen LogP) is 2.47. The summed E-state index contributed by atoms with van der Waals surface area (Å²) in [5.74, 6) is -1.67. The minimum Gasteiger partial charge on any atom is -0.454 e.